The van der Waals surface area contributed by atoms with E-state index < -0.39 is 31.8 Å². The number of benzene rings is 2. The van der Waals surface area contributed by atoms with Crippen molar-refractivity contribution in [2.75, 3.05) is 16.3 Å². The van der Waals surface area contributed by atoms with Crippen molar-refractivity contribution in [1.82, 2.24) is 4.90 Å². The Bertz CT molecular complexity index is 1710. The topological polar surface area (TPSA) is 145 Å². The van der Waals surface area contributed by atoms with Crippen molar-refractivity contribution in [1.29, 1.82) is 0 Å². The number of amides is 1. The first-order valence-corrected chi connectivity index (χ1v) is 16.0. The number of halogens is 2. The molecule has 0 aromatic heterocycles. The molecule has 4 aliphatic rings. The minimum Gasteiger partial charge on any atom is -0.511 e. The molecule has 10 nitrogen and oxygen atoms in total. The quantitative estimate of drug-likeness (QED) is 0.479. The minimum absolute atomic E-state index is 0.0324. The van der Waals surface area contributed by atoms with E-state index in [1.165, 1.54) is 30.3 Å². The number of aliphatic hydroxyl groups is 1. The smallest absolute Gasteiger partial charge is 0.286 e. The molecule has 1 amide bonds. The molecule has 2 heterocycles. The first kappa shape index (κ1) is 26.1. The Balaban J connectivity index is 1.41. The number of aliphatic hydroxyl groups excluding tert-OH is 1. The van der Waals surface area contributed by atoms with E-state index in [9.17, 15) is 31.1 Å². The summed E-state index contributed by atoms with van der Waals surface area (Å²) in [4.78, 5) is 15.3. The zero-order chi connectivity index (χ0) is 27.9. The van der Waals surface area contributed by atoms with E-state index in [2.05, 4.69) is 14.4 Å². The molecule has 4 atom stereocenters. The van der Waals surface area contributed by atoms with Gasteiger partial charge in [0.2, 0.25) is 10.0 Å². The number of nitrogens with zero attached hydrogens (tertiary/aromatic N) is 2. The van der Waals surface area contributed by atoms with E-state index in [1.54, 1.807) is 4.90 Å². The molecule has 2 aromatic rings. The number of hydrogen-bond donors (Lipinski definition) is 3. The van der Waals surface area contributed by atoms with E-state index in [0.717, 1.165) is 31.6 Å². The lowest BCUT2D eigenvalue weighted by atomic mass is 9.77. The van der Waals surface area contributed by atoms with Gasteiger partial charge in [0.25, 0.3) is 15.9 Å². The van der Waals surface area contributed by atoms with Crippen LogP contribution < -0.4 is 10.0 Å². The normalized spacial score (nSPS) is 27.1. The van der Waals surface area contributed by atoms with Crippen LogP contribution in [0.1, 0.15) is 24.8 Å². The largest absolute Gasteiger partial charge is 0.511 e. The Kier molecular flexibility index (Phi) is 5.97. The molecule has 2 aromatic carbocycles. The van der Waals surface area contributed by atoms with Gasteiger partial charge < -0.3 is 15.3 Å². The maximum absolute atomic E-state index is 14.0. The van der Waals surface area contributed by atoms with Crippen LogP contribution in [0.15, 0.2) is 57.0 Å². The Morgan fingerprint density at radius 1 is 1.21 bits per heavy atom. The number of sulfonamides is 2. The molecule has 0 spiro atoms. The van der Waals surface area contributed by atoms with Gasteiger partial charge in [-0.1, -0.05) is 17.7 Å². The van der Waals surface area contributed by atoms with Crippen LogP contribution in [0, 0.1) is 23.6 Å². The van der Waals surface area contributed by atoms with Crippen molar-refractivity contribution in [2.45, 2.75) is 36.7 Å². The SMILES string of the molecule is CS(=O)(=O)Nc1ccc2c(c1)S(=O)(=O)N=C(C1=C(O)[C@H]3C([C@@H]4CC[C@H]3C4)N(Cc3ccc(F)c(Cl)c3)C1=O)N2. The number of hydrogen-bond acceptors (Lipinski definition) is 7. The number of amidine groups is 1. The predicted molar refractivity (Wildman–Crippen MR) is 143 cm³/mol. The van der Waals surface area contributed by atoms with Crippen molar-refractivity contribution in [2.24, 2.45) is 22.2 Å². The molecule has 3 N–H and O–H groups in total. The Hall–Kier alpha value is -3.16. The summed E-state index contributed by atoms with van der Waals surface area (Å²) in [5.41, 5.74) is 0.480. The third-order valence-corrected chi connectivity index (χ3v) is 10.1. The lowest BCUT2D eigenvalue weighted by Crippen LogP contribution is -2.53. The van der Waals surface area contributed by atoms with Crippen molar-refractivity contribution in [3.8, 4) is 0 Å². The third kappa shape index (κ3) is 4.45. The van der Waals surface area contributed by atoms with Gasteiger partial charge in [-0.3, -0.25) is 9.52 Å². The maximum Gasteiger partial charge on any atom is 0.286 e. The lowest BCUT2D eigenvalue weighted by molar-refractivity contribution is -0.134. The summed E-state index contributed by atoms with van der Waals surface area (Å²) in [6.45, 7) is 0.0944. The van der Waals surface area contributed by atoms with Crippen LogP contribution in [0.4, 0.5) is 15.8 Å². The highest BCUT2D eigenvalue weighted by molar-refractivity contribution is 7.92. The number of fused-ring (bicyclic) bond motifs is 6. The van der Waals surface area contributed by atoms with Gasteiger partial charge in [-0.25, -0.2) is 12.8 Å². The summed E-state index contributed by atoms with van der Waals surface area (Å²) in [5, 5.41) is 14.2. The van der Waals surface area contributed by atoms with Crippen LogP contribution >= 0.6 is 11.6 Å². The lowest BCUT2D eigenvalue weighted by Gasteiger charge is -2.44. The van der Waals surface area contributed by atoms with Gasteiger partial charge in [-0.15, -0.1) is 4.40 Å². The fourth-order valence-electron chi connectivity index (χ4n) is 6.43. The molecular formula is C25H24ClFN4O6S2. The van der Waals surface area contributed by atoms with E-state index in [4.69, 9.17) is 11.6 Å². The molecule has 2 aliphatic carbocycles. The summed E-state index contributed by atoms with van der Waals surface area (Å²) in [7, 11) is -8.02. The average Bonchev–Trinajstić information content (AvgIpc) is 3.46. The highest BCUT2D eigenvalue weighted by Crippen LogP contribution is 2.55. The Morgan fingerprint density at radius 3 is 2.67 bits per heavy atom. The highest BCUT2D eigenvalue weighted by atomic mass is 35.5. The van der Waals surface area contributed by atoms with Gasteiger partial charge in [0.1, 0.15) is 22.0 Å². The molecule has 0 saturated heterocycles. The van der Waals surface area contributed by atoms with E-state index in [-0.39, 0.29) is 68.8 Å². The zero-order valence-corrected chi connectivity index (χ0v) is 22.9. The molecule has 39 heavy (non-hydrogen) atoms. The molecule has 206 valence electrons. The van der Waals surface area contributed by atoms with E-state index in [0.29, 0.717) is 5.56 Å². The van der Waals surface area contributed by atoms with Crippen LogP contribution in [-0.2, 0) is 31.4 Å². The van der Waals surface area contributed by atoms with Crippen LogP contribution in [0.5, 0.6) is 0 Å². The summed E-state index contributed by atoms with van der Waals surface area (Å²) in [6.07, 6.45) is 3.56. The first-order valence-electron chi connectivity index (χ1n) is 12.2. The van der Waals surface area contributed by atoms with Gasteiger partial charge >= 0.3 is 0 Å². The van der Waals surface area contributed by atoms with E-state index >= 15 is 0 Å². The van der Waals surface area contributed by atoms with Crippen LogP contribution in [-0.4, -0.2) is 50.9 Å². The van der Waals surface area contributed by atoms with Gasteiger partial charge in [0, 0.05) is 24.2 Å². The molecule has 2 bridgehead atoms. The van der Waals surface area contributed by atoms with Crippen LogP contribution in [0.25, 0.3) is 0 Å². The van der Waals surface area contributed by atoms with Gasteiger partial charge in [0.15, 0.2) is 5.84 Å². The molecule has 2 saturated carbocycles. The average molecular weight is 595 g/mol. The molecule has 0 radical (unpaired) electrons. The minimum atomic E-state index is -4.37. The zero-order valence-electron chi connectivity index (χ0n) is 20.6. The van der Waals surface area contributed by atoms with Gasteiger partial charge in [-0.2, -0.15) is 8.42 Å². The van der Waals surface area contributed by atoms with Crippen molar-refractivity contribution in [3.63, 3.8) is 0 Å². The summed E-state index contributed by atoms with van der Waals surface area (Å²) >= 11 is 5.98. The number of nitrogens with one attached hydrogen (secondary N) is 2. The van der Waals surface area contributed by atoms with Crippen molar-refractivity contribution < 1.29 is 31.1 Å². The fraction of sp³-hybridized carbons (Fsp3) is 0.360. The van der Waals surface area contributed by atoms with Crippen LogP contribution in [0.2, 0.25) is 5.02 Å². The van der Waals surface area contributed by atoms with E-state index in [1.807, 2.05) is 0 Å². The summed E-state index contributed by atoms with van der Waals surface area (Å²) in [6, 6.07) is 7.78. The van der Waals surface area contributed by atoms with Gasteiger partial charge in [-0.05, 0) is 67.0 Å². The van der Waals surface area contributed by atoms with Crippen LogP contribution in [0.3, 0.4) is 0 Å². The number of rotatable bonds is 5. The monoisotopic (exact) mass is 594 g/mol. The molecule has 14 heteroatoms. The second-order valence-electron chi connectivity index (χ2n) is 10.4. The molecule has 6 rings (SSSR count). The number of carbonyl (C=O) groups excluding carboxylic acids is 1. The van der Waals surface area contributed by atoms with Crippen molar-refractivity contribution in [3.05, 3.63) is 64.1 Å². The first-order chi connectivity index (χ1) is 18.3. The second kappa shape index (κ2) is 8.93. The van der Waals surface area contributed by atoms with Gasteiger partial charge in [0.05, 0.1) is 17.0 Å². The predicted octanol–water partition coefficient (Wildman–Crippen LogP) is 3.63. The number of anilines is 2. The maximum atomic E-state index is 14.0. The standard InChI is InChI=1S/C25H24ClFN4O6S2/c1-38(34,35)29-15-5-7-18-19(10-15)39(36,37)30-24(28-18)21-23(32)20-13-3-4-14(9-13)22(20)31(25(21)33)11-12-2-6-17(27)16(26)8-12/h2,5-8,10,13-14,20,22,29,32H,3-4,9,11H2,1H3,(H,28,30)/t13-,14+,20+,22?/m0/s1. The summed E-state index contributed by atoms with van der Waals surface area (Å²) in [5.74, 6) is -1.76. The fourth-order valence-corrected chi connectivity index (χ4v) is 8.34. The highest BCUT2D eigenvalue weighted by Gasteiger charge is 2.57. The second-order valence-corrected chi connectivity index (χ2v) is 14.1. The Morgan fingerprint density at radius 2 is 1.95 bits per heavy atom. The van der Waals surface area contributed by atoms with Crippen molar-refractivity contribution >= 4 is 54.8 Å². The molecular weight excluding hydrogens is 571 g/mol. The molecule has 2 aliphatic heterocycles. The third-order valence-electron chi connectivity index (χ3n) is 7.88. The Labute approximate surface area is 229 Å². The molecule has 1 unspecified atom stereocenters. The molecule has 2 fully saturated rings. The number of carbonyl (C=O) groups is 1. The summed E-state index contributed by atoms with van der Waals surface area (Å²) < 4.78 is 69.4.